The van der Waals surface area contributed by atoms with Crippen LogP contribution in [0.1, 0.15) is 6.42 Å². The van der Waals surface area contributed by atoms with Gasteiger partial charge in [-0.05, 0) is 18.1 Å². The third kappa shape index (κ3) is 1.82. The zero-order valence-electron chi connectivity index (χ0n) is 5.13. The van der Waals surface area contributed by atoms with Crippen LogP contribution in [0.2, 0.25) is 0 Å². The van der Waals surface area contributed by atoms with E-state index in [0.29, 0.717) is 6.54 Å². The van der Waals surface area contributed by atoms with Crippen molar-refractivity contribution >= 4 is 5.78 Å². The summed E-state index contributed by atoms with van der Waals surface area (Å²) in [5.41, 5.74) is 6.06. The molecule has 0 unspecified atom stereocenters. The van der Waals surface area contributed by atoms with Gasteiger partial charge in [0.25, 0.3) is 0 Å². The highest BCUT2D eigenvalue weighted by molar-refractivity contribution is 6.07. The van der Waals surface area contributed by atoms with Gasteiger partial charge >= 0.3 is 0 Å². The van der Waals surface area contributed by atoms with Crippen LogP contribution in [0.4, 0.5) is 0 Å². The van der Waals surface area contributed by atoms with Gasteiger partial charge in [0.2, 0.25) is 0 Å². The molecule has 1 aliphatic carbocycles. The van der Waals surface area contributed by atoms with E-state index in [1.54, 1.807) is 6.08 Å². The number of carbonyl (C=O) groups excluding carboxylic acids is 1. The van der Waals surface area contributed by atoms with E-state index in [4.69, 9.17) is 5.73 Å². The van der Waals surface area contributed by atoms with Gasteiger partial charge in [-0.2, -0.15) is 0 Å². The van der Waals surface area contributed by atoms with Crippen molar-refractivity contribution in [2.75, 3.05) is 6.54 Å². The summed E-state index contributed by atoms with van der Waals surface area (Å²) < 4.78 is 0. The average Bonchev–Trinajstić information content (AvgIpc) is 2.63. The number of nitrogens with two attached hydrogens (primary N) is 1. The fourth-order valence-electron chi connectivity index (χ4n) is 0.534. The zero-order chi connectivity index (χ0) is 6.69. The minimum Gasteiger partial charge on any atom is -0.327 e. The molecule has 0 aromatic heterocycles. The van der Waals surface area contributed by atoms with Crippen molar-refractivity contribution in [3.8, 4) is 0 Å². The van der Waals surface area contributed by atoms with Crippen molar-refractivity contribution in [1.29, 1.82) is 0 Å². The second kappa shape index (κ2) is 2.60. The van der Waals surface area contributed by atoms with Crippen LogP contribution in [0, 0.1) is 0 Å². The number of carbonyl (C=O) groups is 1. The molecule has 0 spiro atoms. The summed E-state index contributed by atoms with van der Waals surface area (Å²) in [5.74, 6) is 0.112. The van der Waals surface area contributed by atoms with E-state index in [1.165, 1.54) is 6.08 Å². The summed E-state index contributed by atoms with van der Waals surface area (Å²) in [7, 11) is 0. The Bertz CT molecular complexity index is 179. The lowest BCUT2D eigenvalue weighted by atomic mass is 10.3. The highest BCUT2D eigenvalue weighted by Crippen LogP contribution is 2.18. The molecule has 0 heterocycles. The first-order valence-corrected chi connectivity index (χ1v) is 2.94. The topological polar surface area (TPSA) is 43.1 Å². The van der Waals surface area contributed by atoms with E-state index in [-0.39, 0.29) is 5.78 Å². The number of hydrogen-bond donors (Lipinski definition) is 1. The molecule has 0 aliphatic heterocycles. The van der Waals surface area contributed by atoms with Crippen LogP contribution in [-0.4, -0.2) is 12.3 Å². The SMILES string of the molecule is NC/C=C/C(=O)C1=CC1. The molecule has 0 saturated heterocycles. The molecule has 0 bridgehead atoms. The molecule has 48 valence electrons. The fourth-order valence-corrected chi connectivity index (χ4v) is 0.534. The van der Waals surface area contributed by atoms with Crippen molar-refractivity contribution in [2.24, 2.45) is 5.73 Å². The van der Waals surface area contributed by atoms with Gasteiger partial charge in [0.05, 0.1) is 0 Å². The highest BCUT2D eigenvalue weighted by Gasteiger charge is 2.12. The summed E-state index contributed by atoms with van der Waals surface area (Å²) in [6, 6.07) is 0. The Morgan fingerprint density at radius 2 is 2.56 bits per heavy atom. The first-order valence-electron chi connectivity index (χ1n) is 2.94. The van der Waals surface area contributed by atoms with Gasteiger partial charge in [-0.25, -0.2) is 0 Å². The second-order valence-electron chi connectivity index (χ2n) is 1.94. The molecule has 1 rings (SSSR count). The number of allylic oxidation sites excluding steroid dienone is 3. The van der Waals surface area contributed by atoms with Crippen molar-refractivity contribution in [1.82, 2.24) is 0 Å². The van der Waals surface area contributed by atoms with Crippen LogP contribution in [0.25, 0.3) is 0 Å². The Balaban J connectivity index is 2.34. The van der Waals surface area contributed by atoms with Crippen LogP contribution < -0.4 is 5.73 Å². The number of ketones is 1. The summed E-state index contributed by atoms with van der Waals surface area (Å²) in [6.07, 6.45) is 5.97. The number of rotatable bonds is 3. The largest absolute Gasteiger partial charge is 0.327 e. The Morgan fingerprint density at radius 3 is 3.00 bits per heavy atom. The summed E-state index contributed by atoms with van der Waals surface area (Å²) in [4.78, 5) is 10.8. The lowest BCUT2D eigenvalue weighted by Crippen LogP contribution is -1.95. The van der Waals surface area contributed by atoms with E-state index in [9.17, 15) is 4.79 Å². The maximum atomic E-state index is 10.8. The molecular weight excluding hydrogens is 114 g/mol. The van der Waals surface area contributed by atoms with Gasteiger partial charge in [0.15, 0.2) is 5.78 Å². The first-order chi connectivity index (χ1) is 4.34. The molecule has 0 amide bonds. The third-order valence-corrected chi connectivity index (χ3v) is 1.13. The Hall–Kier alpha value is -0.890. The van der Waals surface area contributed by atoms with Crippen molar-refractivity contribution < 1.29 is 4.79 Å². The van der Waals surface area contributed by atoms with Crippen LogP contribution in [0.15, 0.2) is 23.8 Å². The zero-order valence-corrected chi connectivity index (χ0v) is 5.13. The van der Waals surface area contributed by atoms with Gasteiger partial charge in [-0.1, -0.05) is 12.2 Å². The average molecular weight is 123 g/mol. The molecule has 0 aromatic carbocycles. The molecule has 2 nitrogen and oxygen atoms in total. The maximum Gasteiger partial charge on any atom is 0.181 e. The van der Waals surface area contributed by atoms with Crippen molar-refractivity contribution in [3.05, 3.63) is 23.8 Å². The molecule has 0 fully saturated rings. The van der Waals surface area contributed by atoms with Crippen LogP contribution in [0.5, 0.6) is 0 Å². The second-order valence-corrected chi connectivity index (χ2v) is 1.94. The van der Waals surface area contributed by atoms with E-state index < -0.39 is 0 Å². The molecule has 0 aromatic rings. The standard InChI is InChI=1S/C7H9NO/c8-5-1-2-7(9)6-3-4-6/h1-3H,4-5,8H2/b2-1+. The highest BCUT2D eigenvalue weighted by atomic mass is 16.1. The normalized spacial score (nSPS) is 15.9. The molecule has 9 heavy (non-hydrogen) atoms. The molecule has 0 radical (unpaired) electrons. The van der Waals surface area contributed by atoms with Gasteiger partial charge in [0.1, 0.15) is 0 Å². The van der Waals surface area contributed by atoms with Crippen LogP contribution in [-0.2, 0) is 4.79 Å². The van der Waals surface area contributed by atoms with E-state index in [1.807, 2.05) is 6.08 Å². The first kappa shape index (κ1) is 6.23. The molecule has 2 heteroatoms. The van der Waals surface area contributed by atoms with Gasteiger partial charge in [0, 0.05) is 6.54 Å². The van der Waals surface area contributed by atoms with E-state index >= 15 is 0 Å². The third-order valence-electron chi connectivity index (χ3n) is 1.13. The molecule has 1 aliphatic rings. The Labute approximate surface area is 54.0 Å². The Kier molecular flexibility index (Phi) is 1.80. The quantitative estimate of drug-likeness (QED) is 0.552. The van der Waals surface area contributed by atoms with E-state index in [0.717, 1.165) is 12.0 Å². The van der Waals surface area contributed by atoms with Crippen molar-refractivity contribution in [2.45, 2.75) is 6.42 Å². The van der Waals surface area contributed by atoms with Gasteiger partial charge < -0.3 is 5.73 Å². The minimum atomic E-state index is 0.112. The number of hydrogen-bond acceptors (Lipinski definition) is 2. The molecule has 0 saturated carbocycles. The Morgan fingerprint density at radius 1 is 1.89 bits per heavy atom. The van der Waals surface area contributed by atoms with Crippen LogP contribution in [0.3, 0.4) is 0 Å². The summed E-state index contributed by atoms with van der Waals surface area (Å²) in [5, 5.41) is 0. The lowest BCUT2D eigenvalue weighted by molar-refractivity contribution is -0.111. The van der Waals surface area contributed by atoms with Gasteiger partial charge in [-0.15, -0.1) is 0 Å². The summed E-state index contributed by atoms with van der Waals surface area (Å²) >= 11 is 0. The van der Waals surface area contributed by atoms with E-state index in [2.05, 4.69) is 0 Å². The minimum absolute atomic E-state index is 0.112. The van der Waals surface area contributed by atoms with Crippen LogP contribution >= 0.6 is 0 Å². The van der Waals surface area contributed by atoms with Gasteiger partial charge in [-0.3, -0.25) is 4.79 Å². The monoisotopic (exact) mass is 123 g/mol. The lowest BCUT2D eigenvalue weighted by Gasteiger charge is -1.80. The smallest absolute Gasteiger partial charge is 0.181 e. The fraction of sp³-hybridized carbons (Fsp3) is 0.286. The van der Waals surface area contributed by atoms with Crippen molar-refractivity contribution in [3.63, 3.8) is 0 Å². The molecule has 0 atom stereocenters. The summed E-state index contributed by atoms with van der Waals surface area (Å²) in [6.45, 7) is 0.443. The predicted molar refractivity (Wildman–Crippen MR) is 35.9 cm³/mol. The predicted octanol–water partition coefficient (Wildman–Crippen LogP) is 0.401. The molecular formula is C7H9NO. The molecule has 2 N–H and O–H groups in total. The maximum absolute atomic E-state index is 10.8.